The van der Waals surface area contributed by atoms with Crippen LogP contribution in [0.3, 0.4) is 0 Å². The smallest absolute Gasteiger partial charge is 0.123 e. The molecule has 20 heavy (non-hydrogen) atoms. The number of benzene rings is 1. The maximum absolute atomic E-state index is 12.7. The quantitative estimate of drug-likeness (QED) is 0.733. The van der Waals surface area contributed by atoms with E-state index in [9.17, 15) is 4.39 Å². The lowest BCUT2D eigenvalue weighted by Gasteiger charge is -2.26. The molecule has 0 bridgehead atoms. The number of unbranched alkanes of at least 4 members (excludes halogenated alkanes) is 2. The summed E-state index contributed by atoms with van der Waals surface area (Å²) in [7, 11) is 0. The zero-order valence-corrected chi connectivity index (χ0v) is 12.3. The van der Waals surface area contributed by atoms with Crippen molar-refractivity contribution in [1.29, 1.82) is 0 Å². The topological polar surface area (TPSA) is 15.3 Å². The van der Waals surface area contributed by atoms with Crippen molar-refractivity contribution in [2.75, 3.05) is 26.2 Å². The summed E-state index contributed by atoms with van der Waals surface area (Å²) in [5, 5.41) is 3.42. The highest BCUT2D eigenvalue weighted by Crippen LogP contribution is 2.09. The van der Waals surface area contributed by atoms with E-state index in [1.807, 2.05) is 12.1 Å². The Labute approximate surface area is 122 Å². The molecule has 0 unspecified atom stereocenters. The molecule has 1 aliphatic rings. The molecule has 0 amide bonds. The van der Waals surface area contributed by atoms with Gasteiger partial charge in [-0.2, -0.15) is 0 Å². The Bertz CT molecular complexity index is 358. The van der Waals surface area contributed by atoms with E-state index < -0.39 is 0 Å². The normalized spacial score (nSPS) is 16.4. The number of piperidine rings is 1. The number of hydrogen-bond donors (Lipinski definition) is 1. The van der Waals surface area contributed by atoms with Gasteiger partial charge in [0, 0.05) is 6.54 Å². The zero-order chi connectivity index (χ0) is 14.0. The largest absolute Gasteiger partial charge is 0.313 e. The molecule has 1 saturated heterocycles. The Morgan fingerprint density at radius 2 is 1.75 bits per heavy atom. The molecular weight excluding hydrogens is 251 g/mol. The second-order valence-electron chi connectivity index (χ2n) is 5.57. The van der Waals surface area contributed by atoms with Gasteiger partial charge in [-0.15, -0.1) is 0 Å². The minimum absolute atomic E-state index is 0.163. The third-order valence-corrected chi connectivity index (χ3v) is 3.87. The fourth-order valence-electron chi connectivity index (χ4n) is 2.62. The average molecular weight is 277 g/mol. The third-order valence-electron chi connectivity index (χ3n) is 3.87. The van der Waals surface area contributed by atoms with Crippen LogP contribution in [0.1, 0.15) is 37.7 Å². The van der Waals surface area contributed by atoms with E-state index in [0.29, 0.717) is 0 Å². The minimum Gasteiger partial charge on any atom is -0.313 e. The SMILES string of the molecule is Fc1ccc(CNCCCCCN2CC[CH]CC2)cc1. The van der Waals surface area contributed by atoms with Crippen LogP contribution in [-0.2, 0) is 6.54 Å². The molecule has 1 heterocycles. The van der Waals surface area contributed by atoms with Crippen molar-refractivity contribution in [3.8, 4) is 0 Å². The van der Waals surface area contributed by atoms with Gasteiger partial charge in [0.05, 0.1) is 0 Å². The fraction of sp³-hybridized carbons (Fsp3) is 0.588. The molecule has 1 aromatic rings. The third kappa shape index (κ3) is 6.02. The standard InChI is InChI=1S/C17H26FN2/c18-17-9-7-16(8-10-17)15-19-11-3-1-4-12-20-13-5-2-6-14-20/h2,7-10,19H,1,3-6,11-15H2. The molecule has 1 N–H and O–H groups in total. The predicted octanol–water partition coefficient (Wildman–Crippen LogP) is 3.39. The van der Waals surface area contributed by atoms with Crippen LogP contribution in [-0.4, -0.2) is 31.1 Å². The Morgan fingerprint density at radius 1 is 1.00 bits per heavy atom. The molecule has 111 valence electrons. The molecular formula is C17H26FN2. The van der Waals surface area contributed by atoms with Crippen LogP contribution >= 0.6 is 0 Å². The van der Waals surface area contributed by atoms with Crippen LogP contribution in [0.5, 0.6) is 0 Å². The first kappa shape index (κ1) is 15.5. The van der Waals surface area contributed by atoms with Crippen molar-refractivity contribution in [2.45, 2.75) is 38.6 Å². The molecule has 2 rings (SSSR count). The van der Waals surface area contributed by atoms with E-state index >= 15 is 0 Å². The summed E-state index contributed by atoms with van der Waals surface area (Å²) >= 11 is 0. The number of rotatable bonds is 8. The van der Waals surface area contributed by atoms with E-state index in [1.165, 1.54) is 63.9 Å². The molecule has 3 heteroatoms. The van der Waals surface area contributed by atoms with E-state index in [0.717, 1.165) is 18.7 Å². The van der Waals surface area contributed by atoms with Gasteiger partial charge >= 0.3 is 0 Å². The molecule has 0 atom stereocenters. The molecule has 0 saturated carbocycles. The Morgan fingerprint density at radius 3 is 2.50 bits per heavy atom. The molecule has 1 aromatic carbocycles. The fourth-order valence-corrected chi connectivity index (χ4v) is 2.62. The number of nitrogens with one attached hydrogen (secondary N) is 1. The highest BCUT2D eigenvalue weighted by Gasteiger charge is 2.08. The Balaban J connectivity index is 1.44. The molecule has 0 spiro atoms. The van der Waals surface area contributed by atoms with Gasteiger partial charge in [-0.1, -0.05) is 18.6 Å². The summed E-state index contributed by atoms with van der Waals surface area (Å²) in [6.07, 6.45) is 8.74. The highest BCUT2D eigenvalue weighted by molar-refractivity contribution is 5.15. The summed E-state index contributed by atoms with van der Waals surface area (Å²) in [6, 6.07) is 6.73. The maximum atomic E-state index is 12.7. The first-order valence-corrected chi connectivity index (χ1v) is 7.84. The summed E-state index contributed by atoms with van der Waals surface area (Å²) in [5.41, 5.74) is 1.15. The van der Waals surface area contributed by atoms with Crippen molar-refractivity contribution in [2.24, 2.45) is 0 Å². The average Bonchev–Trinajstić information content (AvgIpc) is 2.49. The van der Waals surface area contributed by atoms with Crippen molar-refractivity contribution in [3.05, 3.63) is 42.1 Å². The summed E-state index contributed by atoms with van der Waals surface area (Å²) in [4.78, 5) is 2.58. The number of nitrogens with zero attached hydrogens (tertiary/aromatic N) is 1. The van der Waals surface area contributed by atoms with Gasteiger partial charge in [0.25, 0.3) is 0 Å². The first-order chi connectivity index (χ1) is 9.84. The van der Waals surface area contributed by atoms with Crippen LogP contribution in [0.15, 0.2) is 24.3 Å². The lowest BCUT2D eigenvalue weighted by Crippen LogP contribution is -2.30. The van der Waals surface area contributed by atoms with Crippen LogP contribution in [0.2, 0.25) is 0 Å². The molecule has 2 nitrogen and oxygen atoms in total. The lowest BCUT2D eigenvalue weighted by atomic mass is 10.1. The van der Waals surface area contributed by atoms with Gasteiger partial charge in [-0.3, -0.25) is 0 Å². The van der Waals surface area contributed by atoms with Gasteiger partial charge < -0.3 is 10.2 Å². The Hall–Kier alpha value is -0.930. The second kappa shape index (κ2) is 9.09. The molecule has 1 aliphatic heterocycles. The van der Waals surface area contributed by atoms with Crippen molar-refractivity contribution in [3.63, 3.8) is 0 Å². The highest BCUT2D eigenvalue weighted by atomic mass is 19.1. The van der Waals surface area contributed by atoms with Crippen molar-refractivity contribution in [1.82, 2.24) is 10.2 Å². The van der Waals surface area contributed by atoms with Crippen LogP contribution in [0.25, 0.3) is 0 Å². The van der Waals surface area contributed by atoms with Gasteiger partial charge in [-0.05, 0) is 76.0 Å². The molecule has 1 fully saturated rings. The summed E-state index contributed by atoms with van der Waals surface area (Å²) < 4.78 is 12.7. The van der Waals surface area contributed by atoms with Gasteiger partial charge in [0.2, 0.25) is 0 Å². The zero-order valence-electron chi connectivity index (χ0n) is 12.3. The summed E-state index contributed by atoms with van der Waals surface area (Å²) in [6.45, 7) is 5.64. The molecule has 0 aromatic heterocycles. The summed E-state index contributed by atoms with van der Waals surface area (Å²) in [5.74, 6) is -0.163. The van der Waals surface area contributed by atoms with Crippen LogP contribution in [0.4, 0.5) is 4.39 Å². The number of likely N-dealkylation sites (tertiary alicyclic amines) is 1. The minimum atomic E-state index is -0.163. The van der Waals surface area contributed by atoms with E-state index in [-0.39, 0.29) is 5.82 Å². The van der Waals surface area contributed by atoms with Crippen molar-refractivity contribution < 1.29 is 4.39 Å². The van der Waals surface area contributed by atoms with Gasteiger partial charge in [0.15, 0.2) is 0 Å². The second-order valence-corrected chi connectivity index (χ2v) is 5.57. The molecule has 1 radical (unpaired) electrons. The van der Waals surface area contributed by atoms with Crippen molar-refractivity contribution >= 4 is 0 Å². The van der Waals surface area contributed by atoms with Crippen LogP contribution < -0.4 is 5.32 Å². The van der Waals surface area contributed by atoms with Crippen LogP contribution in [0, 0.1) is 12.2 Å². The number of hydrogen-bond acceptors (Lipinski definition) is 2. The predicted molar refractivity (Wildman–Crippen MR) is 81.9 cm³/mol. The number of halogens is 1. The molecule has 0 aliphatic carbocycles. The lowest BCUT2D eigenvalue weighted by molar-refractivity contribution is 0.248. The van der Waals surface area contributed by atoms with E-state index in [4.69, 9.17) is 0 Å². The first-order valence-electron chi connectivity index (χ1n) is 7.84. The van der Waals surface area contributed by atoms with Gasteiger partial charge in [0.1, 0.15) is 5.82 Å². The van der Waals surface area contributed by atoms with Gasteiger partial charge in [-0.25, -0.2) is 4.39 Å². The van der Waals surface area contributed by atoms with E-state index in [2.05, 4.69) is 16.6 Å². The van der Waals surface area contributed by atoms with E-state index in [1.54, 1.807) is 0 Å². The monoisotopic (exact) mass is 277 g/mol. The maximum Gasteiger partial charge on any atom is 0.123 e. The Kier molecular flexibility index (Phi) is 7.02.